The maximum Gasteiger partial charge on any atom is 0.303 e. The minimum absolute atomic E-state index is 0.0252. The Morgan fingerprint density at radius 2 is 1.70 bits per heavy atom. The largest absolute Gasteiger partial charge is 0.481 e. The molecule has 0 unspecified atom stereocenters. The number of carbonyl (C=O) groups is 1. The number of hydrogen-bond donors (Lipinski definition) is 1. The van der Waals surface area contributed by atoms with E-state index in [1.807, 2.05) is 0 Å². The van der Waals surface area contributed by atoms with E-state index in [1.54, 1.807) is 0 Å². The zero-order valence-corrected chi connectivity index (χ0v) is 11.1. The van der Waals surface area contributed by atoms with E-state index in [0.29, 0.717) is 18.6 Å². The van der Waals surface area contributed by atoms with E-state index in [1.165, 1.54) is 0 Å². The van der Waals surface area contributed by atoms with E-state index in [9.17, 15) is 18.0 Å². The maximum absolute atomic E-state index is 13.6. The van der Waals surface area contributed by atoms with Crippen LogP contribution in [0.1, 0.15) is 44.1 Å². The van der Waals surface area contributed by atoms with Crippen LogP contribution < -0.4 is 0 Å². The summed E-state index contributed by atoms with van der Waals surface area (Å²) in [6.45, 7) is 0. The molecule has 1 saturated carbocycles. The van der Waals surface area contributed by atoms with Gasteiger partial charge in [-0.25, -0.2) is 13.2 Å². The Bertz CT molecular complexity index is 485. The number of hydrogen-bond acceptors (Lipinski definition) is 1. The molecule has 20 heavy (non-hydrogen) atoms. The molecule has 110 valence electrons. The molecule has 0 spiro atoms. The normalized spacial score (nSPS) is 17.4. The van der Waals surface area contributed by atoms with Crippen LogP contribution in [0, 0.1) is 22.9 Å². The Morgan fingerprint density at radius 3 is 2.20 bits per heavy atom. The van der Waals surface area contributed by atoms with Gasteiger partial charge in [-0.05, 0) is 31.1 Å². The highest BCUT2D eigenvalue weighted by Gasteiger charge is 2.36. The van der Waals surface area contributed by atoms with Gasteiger partial charge in [0, 0.05) is 17.7 Å². The smallest absolute Gasteiger partial charge is 0.303 e. The lowest BCUT2D eigenvalue weighted by Gasteiger charge is -2.27. The Balaban J connectivity index is 2.12. The van der Waals surface area contributed by atoms with Gasteiger partial charge in [-0.15, -0.1) is 0 Å². The van der Waals surface area contributed by atoms with Crippen molar-refractivity contribution in [3.05, 3.63) is 35.1 Å². The quantitative estimate of drug-likeness (QED) is 0.885. The second-order valence-electron chi connectivity index (χ2n) is 5.63. The molecule has 0 heterocycles. The van der Waals surface area contributed by atoms with Gasteiger partial charge < -0.3 is 5.11 Å². The highest BCUT2D eigenvalue weighted by atomic mass is 19.1. The van der Waals surface area contributed by atoms with Crippen molar-refractivity contribution in [1.29, 1.82) is 0 Å². The average molecular weight is 286 g/mol. The molecule has 0 atom stereocenters. The molecule has 1 fully saturated rings. The van der Waals surface area contributed by atoms with Crippen molar-refractivity contribution in [2.75, 3.05) is 0 Å². The fourth-order valence-electron chi connectivity index (χ4n) is 3.16. The molecule has 0 aliphatic heterocycles. The van der Waals surface area contributed by atoms with Crippen LogP contribution in [0.25, 0.3) is 0 Å². The molecule has 0 bridgehead atoms. The summed E-state index contributed by atoms with van der Waals surface area (Å²) in [5.41, 5.74) is -0.526. The van der Waals surface area contributed by atoms with E-state index in [2.05, 4.69) is 0 Å². The van der Waals surface area contributed by atoms with Gasteiger partial charge in [-0.1, -0.05) is 12.8 Å². The first kappa shape index (κ1) is 14.9. The molecule has 1 aliphatic rings. The summed E-state index contributed by atoms with van der Waals surface area (Å²) >= 11 is 0. The Kier molecular flexibility index (Phi) is 4.35. The maximum atomic E-state index is 13.6. The number of benzene rings is 1. The van der Waals surface area contributed by atoms with Crippen molar-refractivity contribution in [3.8, 4) is 0 Å². The minimum Gasteiger partial charge on any atom is -0.481 e. The molecule has 1 aromatic rings. The number of halogens is 3. The summed E-state index contributed by atoms with van der Waals surface area (Å²) in [5.74, 6) is -3.62. The molecule has 5 heteroatoms. The lowest BCUT2D eigenvalue weighted by Crippen LogP contribution is -2.22. The van der Waals surface area contributed by atoms with Crippen LogP contribution >= 0.6 is 0 Å². The Labute approximate surface area is 115 Å². The molecule has 0 aromatic heterocycles. The molecule has 0 radical (unpaired) electrons. The molecular weight excluding hydrogens is 269 g/mol. The highest BCUT2D eigenvalue weighted by Crippen LogP contribution is 2.45. The van der Waals surface area contributed by atoms with Gasteiger partial charge >= 0.3 is 5.97 Å². The number of carboxylic acids is 1. The highest BCUT2D eigenvalue weighted by molar-refractivity contribution is 5.67. The van der Waals surface area contributed by atoms with Gasteiger partial charge in [0.05, 0.1) is 6.42 Å². The second kappa shape index (κ2) is 5.85. The van der Waals surface area contributed by atoms with Crippen LogP contribution in [0.3, 0.4) is 0 Å². The zero-order valence-electron chi connectivity index (χ0n) is 11.1. The predicted molar refractivity (Wildman–Crippen MR) is 67.8 cm³/mol. The van der Waals surface area contributed by atoms with E-state index in [-0.39, 0.29) is 23.8 Å². The van der Waals surface area contributed by atoms with Gasteiger partial charge in [0.15, 0.2) is 0 Å². The first-order valence-electron chi connectivity index (χ1n) is 6.77. The topological polar surface area (TPSA) is 37.3 Å². The third-order valence-corrected chi connectivity index (χ3v) is 4.20. The van der Waals surface area contributed by atoms with Crippen molar-refractivity contribution in [1.82, 2.24) is 0 Å². The first-order valence-corrected chi connectivity index (χ1v) is 6.77. The molecular formula is C15H17F3O2. The zero-order chi connectivity index (χ0) is 14.8. The average Bonchev–Trinajstić information content (AvgIpc) is 2.75. The van der Waals surface area contributed by atoms with Crippen LogP contribution in [-0.2, 0) is 11.2 Å². The summed E-state index contributed by atoms with van der Waals surface area (Å²) in [6, 6.07) is 1.33. The van der Waals surface area contributed by atoms with E-state index in [4.69, 9.17) is 5.11 Å². The van der Waals surface area contributed by atoms with Crippen molar-refractivity contribution in [3.63, 3.8) is 0 Å². The van der Waals surface area contributed by atoms with Crippen LogP contribution in [0.4, 0.5) is 13.2 Å². The predicted octanol–water partition coefficient (Wildman–Crippen LogP) is 4.07. The fraction of sp³-hybridized carbons (Fsp3) is 0.533. The monoisotopic (exact) mass is 286 g/mol. The van der Waals surface area contributed by atoms with Gasteiger partial charge in [0.2, 0.25) is 0 Å². The van der Waals surface area contributed by atoms with Crippen molar-refractivity contribution in [2.24, 2.45) is 5.41 Å². The standard InChI is InChI=1S/C15H17F3O2/c16-10-7-12(17)11(13(18)8-10)3-6-15(9-14(19)20)4-1-2-5-15/h7-8H,1-6,9H2,(H,19,20). The van der Waals surface area contributed by atoms with E-state index in [0.717, 1.165) is 25.7 Å². The summed E-state index contributed by atoms with van der Waals surface area (Å²) in [6.07, 6.45) is 3.97. The molecule has 1 aliphatic carbocycles. The molecule has 0 saturated heterocycles. The fourth-order valence-corrected chi connectivity index (χ4v) is 3.16. The third-order valence-electron chi connectivity index (χ3n) is 4.20. The Hall–Kier alpha value is -1.52. The van der Waals surface area contributed by atoms with Gasteiger partial charge in [0.25, 0.3) is 0 Å². The SMILES string of the molecule is O=C(O)CC1(CCc2c(F)cc(F)cc2F)CCCC1. The van der Waals surface area contributed by atoms with Crippen LogP contribution in [-0.4, -0.2) is 11.1 Å². The van der Waals surface area contributed by atoms with Gasteiger partial charge in [-0.3, -0.25) is 4.79 Å². The van der Waals surface area contributed by atoms with Gasteiger partial charge in [-0.2, -0.15) is 0 Å². The Morgan fingerprint density at radius 1 is 1.15 bits per heavy atom. The van der Waals surface area contributed by atoms with Crippen LogP contribution in [0.2, 0.25) is 0 Å². The molecule has 2 nitrogen and oxygen atoms in total. The lowest BCUT2D eigenvalue weighted by atomic mass is 9.77. The van der Waals surface area contributed by atoms with Crippen molar-refractivity contribution in [2.45, 2.75) is 44.9 Å². The van der Waals surface area contributed by atoms with E-state index < -0.39 is 23.4 Å². The van der Waals surface area contributed by atoms with E-state index >= 15 is 0 Å². The van der Waals surface area contributed by atoms with Gasteiger partial charge in [0.1, 0.15) is 17.5 Å². The lowest BCUT2D eigenvalue weighted by molar-refractivity contribution is -0.139. The minimum atomic E-state index is -0.940. The van der Waals surface area contributed by atoms with Crippen molar-refractivity contribution < 1.29 is 23.1 Å². The third kappa shape index (κ3) is 3.32. The molecule has 1 aromatic carbocycles. The van der Waals surface area contributed by atoms with Crippen molar-refractivity contribution >= 4 is 5.97 Å². The summed E-state index contributed by atoms with van der Waals surface area (Å²) in [7, 11) is 0. The van der Waals surface area contributed by atoms with Crippen LogP contribution in [0.15, 0.2) is 12.1 Å². The summed E-state index contributed by atoms with van der Waals surface area (Å²) < 4.78 is 40.0. The summed E-state index contributed by atoms with van der Waals surface area (Å²) in [4.78, 5) is 11.0. The number of aliphatic carboxylic acids is 1. The molecule has 1 N–H and O–H groups in total. The second-order valence-corrected chi connectivity index (χ2v) is 5.63. The number of carboxylic acid groups (broad SMARTS) is 1. The molecule has 2 rings (SSSR count). The number of rotatable bonds is 5. The molecule has 0 amide bonds. The first-order chi connectivity index (χ1) is 9.42. The summed E-state index contributed by atoms with van der Waals surface area (Å²) in [5, 5.41) is 8.98. The van der Waals surface area contributed by atoms with Crippen LogP contribution in [0.5, 0.6) is 0 Å².